The molecule has 2 aromatic heterocycles. The van der Waals surface area contributed by atoms with Gasteiger partial charge in [-0.15, -0.1) is 0 Å². The number of hydrogen-bond donors (Lipinski definition) is 1. The van der Waals surface area contributed by atoms with Crippen LogP contribution in [-0.4, -0.2) is 39.9 Å². The van der Waals surface area contributed by atoms with Gasteiger partial charge >= 0.3 is 0 Å². The first-order valence-corrected chi connectivity index (χ1v) is 10.2. The molecule has 168 valence electrons. The molecule has 0 fully saturated rings. The molecule has 0 atom stereocenters. The van der Waals surface area contributed by atoms with Gasteiger partial charge in [0, 0.05) is 31.0 Å². The molecule has 0 aliphatic rings. The normalized spacial score (nSPS) is 10.8. The Morgan fingerprint density at radius 3 is 2.67 bits per heavy atom. The van der Waals surface area contributed by atoms with Gasteiger partial charge in [-0.2, -0.15) is 9.78 Å². The average Bonchev–Trinajstić information content (AvgIpc) is 3.27. The summed E-state index contributed by atoms with van der Waals surface area (Å²) in [6.45, 7) is 0.146. The number of methoxy groups -OCH3 is 2. The smallest absolute Gasteiger partial charge is 0.255 e. The lowest BCUT2D eigenvalue weighted by Crippen LogP contribution is -2.24. The van der Waals surface area contributed by atoms with E-state index in [4.69, 9.17) is 9.47 Å². The zero-order chi connectivity index (χ0) is 23.2. The number of carbonyl (C=O) groups excluding carboxylic acids is 1. The van der Waals surface area contributed by atoms with Gasteiger partial charge in [-0.3, -0.25) is 4.79 Å². The van der Waals surface area contributed by atoms with Crippen LogP contribution in [0.2, 0.25) is 0 Å². The summed E-state index contributed by atoms with van der Waals surface area (Å²) in [5.41, 5.74) is 2.59. The number of aromatic nitrogens is 4. The van der Waals surface area contributed by atoms with Crippen molar-refractivity contribution in [2.75, 3.05) is 14.2 Å². The van der Waals surface area contributed by atoms with Crippen molar-refractivity contribution in [2.24, 2.45) is 0 Å². The Morgan fingerprint density at radius 1 is 1.09 bits per heavy atom. The standard InChI is InChI=1S/C24H22FN5O3/c1-32-15-21-18(23(31)27-13-16-7-3-5-9-19(16)25)14-28-30(21)24-26-12-11-20(29-24)17-8-4-6-10-22(17)33-2/h3-12,14H,13,15H2,1-2H3,(H,27,31). The van der Waals surface area contributed by atoms with E-state index < -0.39 is 5.91 Å². The first-order valence-electron chi connectivity index (χ1n) is 10.2. The molecule has 0 aliphatic carbocycles. The fourth-order valence-electron chi connectivity index (χ4n) is 3.38. The van der Waals surface area contributed by atoms with Crippen LogP contribution in [0.5, 0.6) is 5.75 Å². The van der Waals surface area contributed by atoms with Gasteiger partial charge in [0.15, 0.2) is 0 Å². The van der Waals surface area contributed by atoms with Gasteiger partial charge in [0.1, 0.15) is 11.6 Å². The Bertz CT molecular complexity index is 1270. The summed E-state index contributed by atoms with van der Waals surface area (Å²) in [5, 5.41) is 7.05. The number of hydrogen-bond acceptors (Lipinski definition) is 6. The number of ether oxygens (including phenoxy) is 2. The topological polar surface area (TPSA) is 91.2 Å². The lowest BCUT2D eigenvalue weighted by atomic mass is 10.1. The van der Waals surface area contributed by atoms with Gasteiger partial charge in [0.05, 0.1) is 36.9 Å². The molecule has 0 aliphatic heterocycles. The van der Waals surface area contributed by atoms with Crippen LogP contribution in [0, 0.1) is 5.82 Å². The molecule has 9 heteroatoms. The quantitative estimate of drug-likeness (QED) is 0.444. The number of carbonyl (C=O) groups is 1. The molecule has 2 aromatic carbocycles. The van der Waals surface area contributed by atoms with Gasteiger partial charge in [-0.25, -0.2) is 14.4 Å². The maximum Gasteiger partial charge on any atom is 0.255 e. The predicted molar refractivity (Wildman–Crippen MR) is 119 cm³/mol. The highest BCUT2D eigenvalue weighted by molar-refractivity contribution is 5.95. The summed E-state index contributed by atoms with van der Waals surface area (Å²) in [7, 11) is 3.11. The van der Waals surface area contributed by atoms with E-state index in [-0.39, 0.29) is 24.9 Å². The highest BCUT2D eigenvalue weighted by Gasteiger charge is 2.20. The fourth-order valence-corrected chi connectivity index (χ4v) is 3.38. The van der Waals surface area contributed by atoms with Gasteiger partial charge in [-0.05, 0) is 24.3 Å². The summed E-state index contributed by atoms with van der Waals surface area (Å²) in [5.74, 6) is 0.163. The van der Waals surface area contributed by atoms with E-state index in [1.807, 2.05) is 24.3 Å². The van der Waals surface area contributed by atoms with Gasteiger partial charge in [0.25, 0.3) is 11.9 Å². The van der Waals surface area contributed by atoms with Crippen LogP contribution in [0.25, 0.3) is 17.2 Å². The zero-order valence-electron chi connectivity index (χ0n) is 18.2. The van der Waals surface area contributed by atoms with E-state index >= 15 is 0 Å². The summed E-state index contributed by atoms with van der Waals surface area (Å²) < 4.78 is 26.1. The van der Waals surface area contributed by atoms with Crippen molar-refractivity contribution in [3.05, 3.63) is 89.6 Å². The lowest BCUT2D eigenvalue weighted by molar-refractivity contribution is 0.0945. The molecule has 0 saturated carbocycles. The van der Waals surface area contributed by atoms with E-state index in [0.29, 0.717) is 28.3 Å². The maximum absolute atomic E-state index is 13.9. The molecule has 33 heavy (non-hydrogen) atoms. The molecular formula is C24H22FN5O3. The lowest BCUT2D eigenvalue weighted by Gasteiger charge is -2.11. The van der Waals surface area contributed by atoms with E-state index in [0.717, 1.165) is 5.56 Å². The Kier molecular flexibility index (Phi) is 6.70. The number of amides is 1. The third-order valence-electron chi connectivity index (χ3n) is 5.01. The molecule has 1 N–H and O–H groups in total. The minimum absolute atomic E-state index is 0.0445. The van der Waals surface area contributed by atoms with E-state index in [1.54, 1.807) is 37.6 Å². The number of nitrogens with zero attached hydrogens (tertiary/aromatic N) is 4. The fraction of sp³-hybridized carbons (Fsp3) is 0.167. The van der Waals surface area contributed by atoms with Crippen molar-refractivity contribution in [3.63, 3.8) is 0 Å². The third kappa shape index (κ3) is 4.73. The largest absolute Gasteiger partial charge is 0.496 e. The minimum atomic E-state index is -0.405. The van der Waals surface area contributed by atoms with Crippen molar-refractivity contribution >= 4 is 5.91 Å². The molecule has 0 saturated heterocycles. The van der Waals surface area contributed by atoms with Crippen LogP contribution in [0.15, 0.2) is 67.0 Å². The Hall–Kier alpha value is -4.11. The van der Waals surface area contributed by atoms with Crippen LogP contribution in [-0.2, 0) is 17.9 Å². The summed E-state index contributed by atoms with van der Waals surface area (Å²) in [6, 6.07) is 15.6. The van der Waals surface area contributed by atoms with Gasteiger partial charge < -0.3 is 14.8 Å². The Morgan fingerprint density at radius 2 is 1.88 bits per heavy atom. The molecular weight excluding hydrogens is 425 g/mol. The van der Waals surface area contributed by atoms with E-state index in [1.165, 1.54) is 24.1 Å². The zero-order valence-corrected chi connectivity index (χ0v) is 18.2. The molecule has 0 unspecified atom stereocenters. The van der Waals surface area contributed by atoms with Crippen molar-refractivity contribution in [1.82, 2.24) is 25.1 Å². The molecule has 4 aromatic rings. The van der Waals surface area contributed by atoms with Crippen LogP contribution in [0.4, 0.5) is 4.39 Å². The number of para-hydroxylation sites is 1. The highest BCUT2D eigenvalue weighted by atomic mass is 19.1. The molecule has 0 bridgehead atoms. The predicted octanol–water partition coefficient (Wildman–Crippen LogP) is 3.55. The van der Waals surface area contributed by atoms with Crippen LogP contribution >= 0.6 is 0 Å². The second-order valence-electron chi connectivity index (χ2n) is 7.07. The first-order chi connectivity index (χ1) is 16.1. The van der Waals surface area contributed by atoms with E-state index in [2.05, 4.69) is 20.4 Å². The monoisotopic (exact) mass is 447 g/mol. The SMILES string of the molecule is COCc1c(C(=O)NCc2ccccc2F)cnn1-c1nccc(-c2ccccc2OC)n1. The van der Waals surface area contributed by atoms with Gasteiger partial charge in [-0.1, -0.05) is 30.3 Å². The molecule has 2 heterocycles. The van der Waals surface area contributed by atoms with Crippen molar-refractivity contribution in [3.8, 4) is 23.0 Å². The van der Waals surface area contributed by atoms with E-state index in [9.17, 15) is 9.18 Å². The first kappa shape index (κ1) is 22.1. The Labute approximate surface area is 190 Å². The van der Waals surface area contributed by atoms with Crippen molar-refractivity contribution < 1.29 is 18.7 Å². The van der Waals surface area contributed by atoms with Crippen LogP contribution in [0.1, 0.15) is 21.6 Å². The Balaban J connectivity index is 1.64. The molecule has 8 nitrogen and oxygen atoms in total. The minimum Gasteiger partial charge on any atom is -0.496 e. The van der Waals surface area contributed by atoms with Gasteiger partial charge in [0.2, 0.25) is 0 Å². The van der Waals surface area contributed by atoms with Crippen LogP contribution < -0.4 is 10.1 Å². The van der Waals surface area contributed by atoms with Crippen molar-refractivity contribution in [1.29, 1.82) is 0 Å². The summed E-state index contributed by atoms with van der Waals surface area (Å²) in [6.07, 6.45) is 3.03. The summed E-state index contributed by atoms with van der Waals surface area (Å²) in [4.78, 5) is 21.8. The second-order valence-corrected chi connectivity index (χ2v) is 7.07. The third-order valence-corrected chi connectivity index (χ3v) is 5.01. The van der Waals surface area contributed by atoms with Crippen LogP contribution in [0.3, 0.4) is 0 Å². The number of rotatable bonds is 8. The molecule has 4 rings (SSSR count). The molecule has 1 amide bonds. The maximum atomic E-state index is 13.9. The summed E-state index contributed by atoms with van der Waals surface area (Å²) >= 11 is 0. The molecule has 0 spiro atoms. The molecule has 0 radical (unpaired) electrons. The number of halogens is 1. The number of benzene rings is 2. The number of nitrogens with one attached hydrogen (secondary N) is 1. The van der Waals surface area contributed by atoms with Crippen molar-refractivity contribution in [2.45, 2.75) is 13.2 Å². The second kappa shape index (κ2) is 10.0. The highest BCUT2D eigenvalue weighted by Crippen LogP contribution is 2.28. The average molecular weight is 447 g/mol.